The maximum atomic E-state index is 12.4. The standard InChI is InChI=1S/C27H26Cl3N3O3/c1-17(2)27(35)33-14-12-32(13-15-33)23-9-6-18(16-22(23)29)31-25(34)11-8-19-7-10-24(36-19)20-4-3-5-21(28)26(20)30/h3-11,16-17H,12-15H2,1-2H3,(H,31,34). The Morgan fingerprint density at radius 1 is 0.972 bits per heavy atom. The van der Waals surface area contributed by atoms with Gasteiger partial charge in [0.15, 0.2) is 0 Å². The van der Waals surface area contributed by atoms with E-state index in [2.05, 4.69) is 10.2 Å². The quantitative estimate of drug-likeness (QED) is 0.343. The molecule has 0 spiro atoms. The van der Waals surface area contributed by atoms with Crippen LogP contribution in [-0.2, 0) is 9.59 Å². The summed E-state index contributed by atoms with van der Waals surface area (Å²) in [5, 5.41) is 4.20. The Bertz CT molecular complexity index is 1290. The van der Waals surface area contributed by atoms with Crippen LogP contribution >= 0.6 is 34.8 Å². The van der Waals surface area contributed by atoms with Crippen LogP contribution in [-0.4, -0.2) is 42.9 Å². The van der Waals surface area contributed by atoms with Gasteiger partial charge in [-0.05, 0) is 48.5 Å². The number of rotatable bonds is 6. The summed E-state index contributed by atoms with van der Waals surface area (Å²) < 4.78 is 5.78. The lowest BCUT2D eigenvalue weighted by Crippen LogP contribution is -2.50. The Labute approximate surface area is 225 Å². The average Bonchev–Trinajstić information content (AvgIpc) is 3.33. The minimum absolute atomic E-state index is 0.00613. The summed E-state index contributed by atoms with van der Waals surface area (Å²) in [4.78, 5) is 28.7. The van der Waals surface area contributed by atoms with Crippen molar-refractivity contribution < 1.29 is 14.0 Å². The van der Waals surface area contributed by atoms with Gasteiger partial charge in [0.05, 0.1) is 20.8 Å². The molecule has 0 saturated carbocycles. The fourth-order valence-electron chi connectivity index (χ4n) is 4.00. The zero-order chi connectivity index (χ0) is 25.8. The Balaban J connectivity index is 1.35. The van der Waals surface area contributed by atoms with E-state index in [1.54, 1.807) is 36.4 Å². The van der Waals surface area contributed by atoms with Crippen molar-refractivity contribution in [2.45, 2.75) is 13.8 Å². The molecule has 0 atom stereocenters. The average molecular weight is 547 g/mol. The molecular formula is C27H26Cl3N3O3. The number of amides is 2. The number of carbonyl (C=O) groups excluding carboxylic acids is 2. The van der Waals surface area contributed by atoms with Gasteiger partial charge in [0.2, 0.25) is 11.8 Å². The highest BCUT2D eigenvalue weighted by Crippen LogP contribution is 2.34. The van der Waals surface area contributed by atoms with E-state index in [1.165, 1.54) is 6.08 Å². The molecule has 2 aromatic carbocycles. The predicted octanol–water partition coefficient (Wildman–Crippen LogP) is 6.86. The predicted molar refractivity (Wildman–Crippen MR) is 147 cm³/mol. The summed E-state index contributed by atoms with van der Waals surface area (Å²) in [6.45, 7) is 6.56. The van der Waals surface area contributed by atoms with Gasteiger partial charge < -0.3 is 19.5 Å². The molecule has 2 heterocycles. The van der Waals surface area contributed by atoms with Crippen LogP contribution in [0.2, 0.25) is 15.1 Å². The molecule has 2 amide bonds. The molecule has 4 rings (SSSR count). The van der Waals surface area contributed by atoms with Gasteiger partial charge in [-0.1, -0.05) is 54.7 Å². The fourth-order valence-corrected chi connectivity index (χ4v) is 4.69. The van der Waals surface area contributed by atoms with Gasteiger partial charge in [0.1, 0.15) is 11.5 Å². The fraction of sp³-hybridized carbons (Fsp3) is 0.259. The minimum atomic E-state index is -0.321. The molecule has 188 valence electrons. The van der Waals surface area contributed by atoms with Gasteiger partial charge in [-0.3, -0.25) is 9.59 Å². The van der Waals surface area contributed by atoms with Crippen molar-refractivity contribution in [3.63, 3.8) is 0 Å². The highest BCUT2D eigenvalue weighted by atomic mass is 35.5. The second-order valence-electron chi connectivity index (χ2n) is 8.76. The summed E-state index contributed by atoms with van der Waals surface area (Å²) in [5.74, 6) is 0.900. The first kappa shape index (κ1) is 26.1. The number of benzene rings is 2. The van der Waals surface area contributed by atoms with Crippen LogP contribution < -0.4 is 10.2 Å². The minimum Gasteiger partial charge on any atom is -0.457 e. The zero-order valence-electron chi connectivity index (χ0n) is 19.9. The molecule has 0 radical (unpaired) electrons. The normalized spacial score (nSPS) is 14.1. The van der Waals surface area contributed by atoms with Crippen LogP contribution in [0, 0.1) is 5.92 Å². The summed E-state index contributed by atoms with van der Waals surface area (Å²) in [6, 6.07) is 14.2. The molecule has 1 saturated heterocycles. The van der Waals surface area contributed by atoms with Crippen molar-refractivity contribution in [3.05, 3.63) is 75.4 Å². The molecule has 1 fully saturated rings. The van der Waals surface area contributed by atoms with Crippen molar-refractivity contribution in [1.82, 2.24) is 4.90 Å². The maximum Gasteiger partial charge on any atom is 0.248 e. The molecule has 1 aliphatic heterocycles. The number of furan rings is 1. The molecule has 3 aromatic rings. The van der Waals surface area contributed by atoms with Crippen LogP contribution in [0.4, 0.5) is 11.4 Å². The van der Waals surface area contributed by atoms with E-state index in [4.69, 9.17) is 39.2 Å². The van der Waals surface area contributed by atoms with Crippen LogP contribution in [0.3, 0.4) is 0 Å². The third kappa shape index (κ3) is 6.06. The number of nitrogens with zero attached hydrogens (tertiary/aromatic N) is 2. The monoisotopic (exact) mass is 545 g/mol. The summed E-state index contributed by atoms with van der Waals surface area (Å²) in [6.07, 6.45) is 2.96. The molecular weight excluding hydrogens is 521 g/mol. The number of hydrogen-bond acceptors (Lipinski definition) is 4. The molecule has 6 nitrogen and oxygen atoms in total. The van der Waals surface area contributed by atoms with Crippen molar-refractivity contribution in [1.29, 1.82) is 0 Å². The lowest BCUT2D eigenvalue weighted by Gasteiger charge is -2.37. The molecule has 0 aliphatic carbocycles. The van der Waals surface area contributed by atoms with Gasteiger partial charge >= 0.3 is 0 Å². The van der Waals surface area contributed by atoms with Crippen LogP contribution in [0.1, 0.15) is 19.6 Å². The molecule has 1 aliphatic rings. The Hall–Kier alpha value is -2.93. The van der Waals surface area contributed by atoms with Crippen molar-refractivity contribution in [2.24, 2.45) is 5.92 Å². The Kier molecular flexibility index (Phi) is 8.29. The van der Waals surface area contributed by atoms with E-state index in [1.807, 2.05) is 36.9 Å². The second kappa shape index (κ2) is 11.4. The first-order chi connectivity index (χ1) is 17.2. The van der Waals surface area contributed by atoms with E-state index >= 15 is 0 Å². The van der Waals surface area contributed by atoms with E-state index in [0.717, 1.165) is 5.69 Å². The Morgan fingerprint density at radius 3 is 2.42 bits per heavy atom. The lowest BCUT2D eigenvalue weighted by molar-refractivity contribution is -0.134. The molecule has 0 unspecified atom stereocenters. The van der Waals surface area contributed by atoms with E-state index in [9.17, 15) is 9.59 Å². The summed E-state index contributed by atoms with van der Waals surface area (Å²) in [5.41, 5.74) is 2.14. The van der Waals surface area contributed by atoms with Gasteiger partial charge in [0.25, 0.3) is 0 Å². The lowest BCUT2D eigenvalue weighted by atomic mass is 10.1. The van der Waals surface area contributed by atoms with E-state index in [-0.39, 0.29) is 17.7 Å². The number of hydrogen-bond donors (Lipinski definition) is 1. The zero-order valence-corrected chi connectivity index (χ0v) is 22.2. The largest absolute Gasteiger partial charge is 0.457 e. The van der Waals surface area contributed by atoms with Crippen LogP contribution in [0.5, 0.6) is 0 Å². The first-order valence-electron chi connectivity index (χ1n) is 11.6. The number of nitrogens with one attached hydrogen (secondary N) is 1. The second-order valence-corrected chi connectivity index (χ2v) is 9.95. The van der Waals surface area contributed by atoms with Gasteiger partial charge in [-0.25, -0.2) is 0 Å². The highest BCUT2D eigenvalue weighted by Gasteiger charge is 2.24. The topological polar surface area (TPSA) is 65.8 Å². The van der Waals surface area contributed by atoms with Crippen molar-refractivity contribution in [2.75, 3.05) is 36.4 Å². The van der Waals surface area contributed by atoms with Crippen LogP contribution in [0.25, 0.3) is 17.4 Å². The van der Waals surface area contributed by atoms with E-state index in [0.29, 0.717) is 64.0 Å². The summed E-state index contributed by atoms with van der Waals surface area (Å²) >= 11 is 18.9. The molecule has 36 heavy (non-hydrogen) atoms. The number of carbonyl (C=O) groups is 2. The SMILES string of the molecule is CC(C)C(=O)N1CCN(c2ccc(NC(=O)C=Cc3ccc(-c4cccc(Cl)c4Cl)o3)cc2Cl)CC1. The van der Waals surface area contributed by atoms with Crippen molar-refractivity contribution in [3.8, 4) is 11.3 Å². The molecule has 1 N–H and O–H groups in total. The smallest absolute Gasteiger partial charge is 0.248 e. The Morgan fingerprint density at radius 2 is 1.72 bits per heavy atom. The third-order valence-corrected chi connectivity index (χ3v) is 7.01. The van der Waals surface area contributed by atoms with Gasteiger partial charge in [0, 0.05) is 49.4 Å². The molecule has 9 heteroatoms. The number of piperazine rings is 1. The van der Waals surface area contributed by atoms with Crippen LogP contribution in [0.15, 0.2) is 59.0 Å². The highest BCUT2D eigenvalue weighted by molar-refractivity contribution is 6.43. The van der Waals surface area contributed by atoms with Gasteiger partial charge in [-0.15, -0.1) is 0 Å². The summed E-state index contributed by atoms with van der Waals surface area (Å²) in [7, 11) is 0. The molecule has 1 aromatic heterocycles. The third-order valence-electron chi connectivity index (χ3n) is 5.88. The molecule has 0 bridgehead atoms. The maximum absolute atomic E-state index is 12.4. The number of anilines is 2. The van der Waals surface area contributed by atoms with Crippen molar-refractivity contribution >= 4 is 64.1 Å². The van der Waals surface area contributed by atoms with Gasteiger partial charge in [-0.2, -0.15) is 0 Å². The first-order valence-corrected chi connectivity index (χ1v) is 12.7. The number of halogens is 3. The van der Waals surface area contributed by atoms with E-state index < -0.39 is 0 Å².